The van der Waals surface area contributed by atoms with Gasteiger partial charge in [0.2, 0.25) is 0 Å². The van der Waals surface area contributed by atoms with Gasteiger partial charge in [0.15, 0.2) is 0 Å². The Labute approximate surface area is 224 Å². The van der Waals surface area contributed by atoms with Gasteiger partial charge in [0.1, 0.15) is 17.4 Å². The van der Waals surface area contributed by atoms with E-state index in [-0.39, 0.29) is 21.9 Å². The summed E-state index contributed by atoms with van der Waals surface area (Å²) in [4.78, 5) is 20.2. The molecule has 0 saturated carbocycles. The van der Waals surface area contributed by atoms with Crippen LogP contribution in [0.1, 0.15) is 51.4 Å². The van der Waals surface area contributed by atoms with E-state index >= 15 is 0 Å². The first-order valence-electron chi connectivity index (χ1n) is 12.7. The monoisotopic (exact) mass is 539 g/mol. The maximum Gasteiger partial charge on any atom is 0.268 e. The van der Waals surface area contributed by atoms with Crippen LogP contribution in [-0.2, 0) is 10.0 Å². The average molecular weight is 540 g/mol. The molecule has 1 fully saturated rings. The Morgan fingerprint density at radius 3 is 2.50 bits per heavy atom. The molecular formula is C29H34FN3O4S. The second kappa shape index (κ2) is 10.7. The number of carbonyl (C=O) groups excluding carboxylic acids is 1. The molecule has 2 heterocycles. The minimum atomic E-state index is -4.09. The van der Waals surface area contributed by atoms with E-state index in [4.69, 9.17) is 9.72 Å². The predicted molar refractivity (Wildman–Crippen MR) is 146 cm³/mol. The normalized spacial score (nSPS) is 17.0. The van der Waals surface area contributed by atoms with Crippen molar-refractivity contribution in [1.29, 1.82) is 0 Å². The molecule has 4 rings (SSSR count). The topological polar surface area (TPSA) is 88.6 Å². The molecule has 0 spiro atoms. The highest BCUT2D eigenvalue weighted by Crippen LogP contribution is 2.39. The van der Waals surface area contributed by atoms with Crippen LogP contribution in [0.25, 0.3) is 11.3 Å². The van der Waals surface area contributed by atoms with Crippen LogP contribution in [0.15, 0.2) is 65.6 Å². The molecule has 38 heavy (non-hydrogen) atoms. The molecule has 2 aromatic carbocycles. The van der Waals surface area contributed by atoms with E-state index in [1.807, 2.05) is 18.7 Å². The number of ether oxygens (including phenoxy) is 1. The lowest BCUT2D eigenvalue weighted by Gasteiger charge is -2.36. The van der Waals surface area contributed by atoms with Crippen LogP contribution in [-0.4, -0.2) is 38.0 Å². The number of aromatic nitrogens is 1. The summed E-state index contributed by atoms with van der Waals surface area (Å²) in [6, 6.07) is 15.3. The van der Waals surface area contributed by atoms with E-state index in [9.17, 15) is 17.6 Å². The predicted octanol–water partition coefficient (Wildman–Crippen LogP) is 5.67. The largest absolute Gasteiger partial charge is 0.493 e. The maximum atomic E-state index is 14.5. The minimum absolute atomic E-state index is 0.0108. The highest BCUT2D eigenvalue weighted by molar-refractivity contribution is 7.90. The van der Waals surface area contributed by atoms with Gasteiger partial charge in [0, 0.05) is 23.7 Å². The van der Waals surface area contributed by atoms with Crippen LogP contribution < -0.4 is 14.4 Å². The summed E-state index contributed by atoms with van der Waals surface area (Å²) < 4.78 is 48.2. The van der Waals surface area contributed by atoms with Gasteiger partial charge in [0.25, 0.3) is 15.9 Å². The van der Waals surface area contributed by atoms with Gasteiger partial charge in [-0.1, -0.05) is 39.0 Å². The number of amides is 1. The van der Waals surface area contributed by atoms with Crippen molar-refractivity contribution >= 4 is 21.7 Å². The van der Waals surface area contributed by atoms with Crippen LogP contribution in [0.4, 0.5) is 10.2 Å². The number of benzene rings is 2. The second-order valence-electron chi connectivity index (χ2n) is 10.7. The summed E-state index contributed by atoms with van der Waals surface area (Å²) in [5.41, 5.74) is 0.737. The van der Waals surface area contributed by atoms with Crippen molar-refractivity contribution in [3.05, 3.63) is 72.0 Å². The standard InChI is InChI=1S/C29H34FN3O4S/c1-19(2)18-37-23-16-21(15-22(30)17-23)26-12-11-25(27(31-26)33-14-13-20(3)29(33,4)5)28(34)32-38(35,36)24-9-7-6-8-10-24/h6-12,15-17,19-20H,13-14,18H2,1-5H3,(H,32,34). The van der Waals surface area contributed by atoms with Crippen molar-refractivity contribution in [2.24, 2.45) is 11.8 Å². The number of rotatable bonds is 8. The minimum Gasteiger partial charge on any atom is -0.493 e. The quantitative estimate of drug-likeness (QED) is 0.397. The first-order valence-corrected chi connectivity index (χ1v) is 14.2. The van der Waals surface area contributed by atoms with Crippen LogP contribution in [0.5, 0.6) is 5.75 Å². The number of carbonyl (C=O) groups is 1. The molecule has 1 aliphatic heterocycles. The van der Waals surface area contributed by atoms with Crippen molar-refractivity contribution in [3.8, 4) is 17.0 Å². The smallest absolute Gasteiger partial charge is 0.268 e. The van der Waals surface area contributed by atoms with Crippen LogP contribution in [0.2, 0.25) is 0 Å². The van der Waals surface area contributed by atoms with E-state index in [1.54, 1.807) is 36.4 Å². The van der Waals surface area contributed by atoms with Gasteiger partial charge in [-0.05, 0) is 68.5 Å². The zero-order valence-electron chi connectivity index (χ0n) is 22.4. The van der Waals surface area contributed by atoms with Crippen LogP contribution in [0, 0.1) is 17.7 Å². The van der Waals surface area contributed by atoms with Gasteiger partial charge >= 0.3 is 0 Å². The fourth-order valence-corrected chi connectivity index (χ4v) is 5.48. The molecule has 9 heteroatoms. The molecule has 0 bridgehead atoms. The lowest BCUT2D eigenvalue weighted by atomic mass is 9.90. The third-order valence-corrected chi connectivity index (χ3v) is 8.44. The van der Waals surface area contributed by atoms with Crippen molar-refractivity contribution in [3.63, 3.8) is 0 Å². The van der Waals surface area contributed by atoms with Gasteiger partial charge < -0.3 is 9.64 Å². The van der Waals surface area contributed by atoms with E-state index in [0.29, 0.717) is 41.9 Å². The van der Waals surface area contributed by atoms with E-state index < -0.39 is 21.7 Å². The first kappa shape index (κ1) is 27.6. The molecule has 1 saturated heterocycles. The number of pyridine rings is 1. The molecule has 202 valence electrons. The Morgan fingerprint density at radius 1 is 1.16 bits per heavy atom. The lowest BCUT2D eigenvalue weighted by molar-refractivity contribution is 0.0981. The number of nitrogens with zero attached hydrogens (tertiary/aromatic N) is 2. The summed E-state index contributed by atoms with van der Waals surface area (Å²) in [5.74, 6) is 0.0846. The Kier molecular flexibility index (Phi) is 7.78. The fourth-order valence-electron chi connectivity index (χ4n) is 4.49. The molecule has 3 aromatic rings. The molecule has 7 nitrogen and oxygen atoms in total. The van der Waals surface area contributed by atoms with Crippen molar-refractivity contribution in [1.82, 2.24) is 9.71 Å². The van der Waals surface area contributed by atoms with E-state index in [1.165, 1.54) is 24.3 Å². The third kappa shape index (κ3) is 5.83. The van der Waals surface area contributed by atoms with Gasteiger partial charge in [-0.25, -0.2) is 22.5 Å². The van der Waals surface area contributed by atoms with Gasteiger partial charge in [-0.15, -0.1) is 0 Å². The van der Waals surface area contributed by atoms with Crippen molar-refractivity contribution in [2.45, 2.75) is 51.5 Å². The third-order valence-electron chi connectivity index (χ3n) is 7.09. The van der Waals surface area contributed by atoms with Crippen molar-refractivity contribution in [2.75, 3.05) is 18.1 Å². The van der Waals surface area contributed by atoms with Crippen LogP contribution in [0.3, 0.4) is 0 Å². The highest BCUT2D eigenvalue weighted by atomic mass is 32.2. The SMILES string of the molecule is CC(C)COc1cc(F)cc(-c2ccc(C(=O)NS(=O)(=O)c3ccccc3)c(N3CCC(C)C3(C)C)n2)c1. The molecular weight excluding hydrogens is 505 g/mol. The highest BCUT2D eigenvalue weighted by Gasteiger charge is 2.41. The first-order chi connectivity index (χ1) is 17.9. The summed E-state index contributed by atoms with van der Waals surface area (Å²) >= 11 is 0. The van der Waals surface area contributed by atoms with Crippen molar-refractivity contribution < 1.29 is 22.3 Å². The zero-order chi connectivity index (χ0) is 27.7. The number of halogens is 1. The Morgan fingerprint density at radius 2 is 1.87 bits per heavy atom. The number of sulfonamides is 1. The molecule has 1 aliphatic rings. The molecule has 0 aliphatic carbocycles. The second-order valence-corrected chi connectivity index (χ2v) is 12.4. The molecule has 1 amide bonds. The van der Waals surface area contributed by atoms with Gasteiger partial charge in [-0.3, -0.25) is 4.79 Å². The van der Waals surface area contributed by atoms with E-state index in [0.717, 1.165) is 6.42 Å². The number of hydrogen-bond acceptors (Lipinski definition) is 6. The zero-order valence-corrected chi connectivity index (χ0v) is 23.2. The molecule has 0 radical (unpaired) electrons. The summed E-state index contributed by atoms with van der Waals surface area (Å²) in [7, 11) is -4.09. The number of hydrogen-bond donors (Lipinski definition) is 1. The van der Waals surface area contributed by atoms with Gasteiger partial charge in [0.05, 0.1) is 22.8 Å². The van der Waals surface area contributed by atoms with E-state index in [2.05, 4.69) is 25.5 Å². The summed E-state index contributed by atoms with van der Waals surface area (Å²) in [6.07, 6.45) is 0.884. The number of nitrogens with one attached hydrogen (secondary N) is 1. The Balaban J connectivity index is 1.76. The van der Waals surface area contributed by atoms with Crippen LogP contribution >= 0.6 is 0 Å². The number of anilines is 1. The Hall–Kier alpha value is -3.46. The van der Waals surface area contributed by atoms with Gasteiger partial charge in [-0.2, -0.15) is 0 Å². The maximum absolute atomic E-state index is 14.5. The summed E-state index contributed by atoms with van der Waals surface area (Å²) in [6.45, 7) is 11.4. The average Bonchev–Trinajstić information content (AvgIpc) is 3.14. The molecule has 1 atom stereocenters. The fraction of sp³-hybridized carbons (Fsp3) is 0.379. The Bertz CT molecular complexity index is 1420. The molecule has 1 N–H and O–H groups in total. The molecule has 1 aromatic heterocycles. The lowest BCUT2D eigenvalue weighted by Crippen LogP contribution is -2.43. The molecule has 1 unspecified atom stereocenters. The summed E-state index contributed by atoms with van der Waals surface area (Å²) in [5, 5.41) is 0.